The van der Waals surface area contributed by atoms with E-state index in [1.807, 2.05) is 0 Å². The van der Waals surface area contributed by atoms with Gasteiger partial charge in [-0.25, -0.2) is 4.79 Å². The largest absolute Gasteiger partial charge is 0.454 e. The van der Waals surface area contributed by atoms with Gasteiger partial charge < -0.3 is 19.7 Å². The van der Waals surface area contributed by atoms with Crippen molar-refractivity contribution in [3.8, 4) is 11.5 Å². The van der Waals surface area contributed by atoms with Crippen LogP contribution >= 0.6 is 0 Å². The second kappa shape index (κ2) is 5.70. The number of carbonyl (C=O) groups excluding carboxylic acids is 3. The molecule has 3 aliphatic heterocycles. The number of hydrogen-bond donors (Lipinski definition) is 1. The van der Waals surface area contributed by atoms with Gasteiger partial charge in [-0.05, 0) is 31.0 Å². The number of fused-ring (bicyclic) bond motifs is 1. The lowest BCUT2D eigenvalue weighted by molar-refractivity contribution is -0.127. The van der Waals surface area contributed by atoms with Crippen LogP contribution in [-0.2, 0) is 4.79 Å². The number of piperidine rings is 1. The third-order valence-corrected chi connectivity index (χ3v) is 4.61. The van der Waals surface area contributed by atoms with Gasteiger partial charge in [-0.2, -0.15) is 0 Å². The molecular weight excluding hydrogens is 314 g/mol. The van der Waals surface area contributed by atoms with E-state index in [2.05, 4.69) is 5.32 Å². The minimum atomic E-state index is -0.333. The number of urea groups is 1. The molecule has 8 heteroatoms. The average molecular weight is 331 g/mol. The van der Waals surface area contributed by atoms with E-state index in [0.29, 0.717) is 43.0 Å². The molecule has 0 radical (unpaired) electrons. The number of hydrogen-bond acceptors (Lipinski definition) is 5. The van der Waals surface area contributed by atoms with Crippen molar-refractivity contribution >= 4 is 17.8 Å². The van der Waals surface area contributed by atoms with Crippen molar-refractivity contribution in [1.82, 2.24) is 15.1 Å². The first-order valence-corrected chi connectivity index (χ1v) is 7.92. The van der Waals surface area contributed by atoms with Crippen LogP contribution < -0.4 is 14.8 Å². The van der Waals surface area contributed by atoms with Gasteiger partial charge >= 0.3 is 6.03 Å². The third-order valence-electron chi connectivity index (χ3n) is 4.61. The lowest BCUT2D eigenvalue weighted by Crippen LogP contribution is -2.49. The van der Waals surface area contributed by atoms with Gasteiger partial charge in [0.15, 0.2) is 11.5 Å². The van der Waals surface area contributed by atoms with Crippen molar-refractivity contribution in [3.05, 3.63) is 23.8 Å². The zero-order valence-electron chi connectivity index (χ0n) is 13.0. The van der Waals surface area contributed by atoms with Crippen molar-refractivity contribution in [2.75, 3.05) is 26.4 Å². The molecule has 1 aromatic carbocycles. The molecule has 2 fully saturated rings. The Balaban J connectivity index is 1.41. The Morgan fingerprint density at radius 2 is 1.88 bits per heavy atom. The molecule has 3 heterocycles. The van der Waals surface area contributed by atoms with E-state index >= 15 is 0 Å². The Kier molecular flexibility index (Phi) is 3.51. The maximum atomic E-state index is 12.6. The number of rotatable bonds is 2. The second-order valence-corrected chi connectivity index (χ2v) is 6.01. The minimum Gasteiger partial charge on any atom is -0.454 e. The van der Waals surface area contributed by atoms with Gasteiger partial charge in [0.25, 0.3) is 5.91 Å². The number of amides is 4. The first-order chi connectivity index (χ1) is 11.6. The maximum absolute atomic E-state index is 12.6. The van der Waals surface area contributed by atoms with Crippen LogP contribution in [0.4, 0.5) is 4.79 Å². The summed E-state index contributed by atoms with van der Waals surface area (Å²) < 4.78 is 10.6. The fraction of sp³-hybridized carbons (Fsp3) is 0.438. The Morgan fingerprint density at radius 3 is 2.58 bits per heavy atom. The van der Waals surface area contributed by atoms with E-state index in [1.165, 1.54) is 4.90 Å². The highest BCUT2D eigenvalue weighted by atomic mass is 16.7. The van der Waals surface area contributed by atoms with E-state index in [-0.39, 0.29) is 37.2 Å². The van der Waals surface area contributed by atoms with Crippen LogP contribution in [-0.4, -0.2) is 60.1 Å². The van der Waals surface area contributed by atoms with E-state index in [0.717, 1.165) is 0 Å². The first-order valence-electron chi connectivity index (χ1n) is 7.92. The summed E-state index contributed by atoms with van der Waals surface area (Å²) in [5.74, 6) is 0.948. The summed E-state index contributed by atoms with van der Waals surface area (Å²) in [6, 6.07) is 4.67. The molecular formula is C16H17N3O5. The summed E-state index contributed by atoms with van der Waals surface area (Å²) >= 11 is 0. The van der Waals surface area contributed by atoms with E-state index in [1.54, 1.807) is 23.1 Å². The number of likely N-dealkylation sites (tertiary alicyclic amines) is 1. The highest BCUT2D eigenvalue weighted by Gasteiger charge is 2.37. The molecule has 1 aromatic rings. The molecule has 0 aromatic heterocycles. The fourth-order valence-electron chi connectivity index (χ4n) is 3.34. The summed E-state index contributed by atoms with van der Waals surface area (Å²) in [4.78, 5) is 39.1. The SMILES string of the molecule is O=C(c1ccc2c(c1)OCO2)N1CCC(N2C(=O)CNC2=O)CC1. The van der Waals surface area contributed by atoms with Gasteiger partial charge in [0.1, 0.15) is 0 Å². The molecule has 0 saturated carbocycles. The Labute approximate surface area is 138 Å². The number of imide groups is 1. The fourth-order valence-corrected chi connectivity index (χ4v) is 3.34. The van der Waals surface area contributed by atoms with Crippen LogP contribution in [0.15, 0.2) is 18.2 Å². The van der Waals surface area contributed by atoms with Crippen LogP contribution in [0.25, 0.3) is 0 Å². The highest BCUT2D eigenvalue weighted by molar-refractivity contribution is 6.02. The van der Waals surface area contributed by atoms with Crippen molar-refractivity contribution in [2.45, 2.75) is 18.9 Å². The van der Waals surface area contributed by atoms with E-state index in [9.17, 15) is 14.4 Å². The summed E-state index contributed by atoms with van der Waals surface area (Å²) in [5.41, 5.74) is 0.549. The van der Waals surface area contributed by atoms with E-state index in [4.69, 9.17) is 9.47 Å². The van der Waals surface area contributed by atoms with Crippen molar-refractivity contribution in [1.29, 1.82) is 0 Å². The molecule has 0 bridgehead atoms. The van der Waals surface area contributed by atoms with Crippen LogP contribution in [0.3, 0.4) is 0 Å². The Morgan fingerprint density at radius 1 is 1.12 bits per heavy atom. The average Bonchev–Trinajstić information content (AvgIpc) is 3.20. The number of nitrogens with zero attached hydrogens (tertiary/aromatic N) is 2. The number of ether oxygens (including phenoxy) is 2. The van der Waals surface area contributed by atoms with Gasteiger partial charge in [0.2, 0.25) is 12.7 Å². The standard InChI is InChI=1S/C16H17N3O5/c20-14-8-17-16(22)19(14)11-3-5-18(6-4-11)15(21)10-1-2-12-13(7-10)24-9-23-12/h1-2,7,11H,3-6,8-9H2,(H,17,22). The summed E-state index contributed by atoms with van der Waals surface area (Å²) in [6.07, 6.45) is 1.19. The molecule has 0 aliphatic carbocycles. The van der Waals surface area contributed by atoms with Crippen LogP contribution in [0.1, 0.15) is 23.2 Å². The number of nitrogens with one attached hydrogen (secondary N) is 1. The lowest BCUT2D eigenvalue weighted by Gasteiger charge is -2.35. The molecule has 4 rings (SSSR count). The molecule has 0 spiro atoms. The summed E-state index contributed by atoms with van der Waals surface area (Å²) in [7, 11) is 0. The molecule has 4 amide bonds. The number of benzene rings is 1. The molecule has 0 unspecified atom stereocenters. The molecule has 8 nitrogen and oxygen atoms in total. The molecule has 126 valence electrons. The van der Waals surface area contributed by atoms with Crippen molar-refractivity contribution in [2.24, 2.45) is 0 Å². The summed E-state index contributed by atoms with van der Waals surface area (Å²) in [6.45, 7) is 1.25. The number of carbonyl (C=O) groups is 3. The topological polar surface area (TPSA) is 88.2 Å². The van der Waals surface area contributed by atoms with Crippen LogP contribution in [0, 0.1) is 0 Å². The highest BCUT2D eigenvalue weighted by Crippen LogP contribution is 2.33. The third kappa shape index (κ3) is 2.44. The monoisotopic (exact) mass is 331 g/mol. The van der Waals surface area contributed by atoms with Crippen molar-refractivity contribution < 1.29 is 23.9 Å². The molecule has 24 heavy (non-hydrogen) atoms. The molecule has 1 N–H and O–H groups in total. The smallest absolute Gasteiger partial charge is 0.324 e. The Bertz CT molecular complexity index is 696. The van der Waals surface area contributed by atoms with Crippen LogP contribution in [0.5, 0.6) is 11.5 Å². The van der Waals surface area contributed by atoms with E-state index < -0.39 is 0 Å². The van der Waals surface area contributed by atoms with Crippen LogP contribution in [0.2, 0.25) is 0 Å². The van der Waals surface area contributed by atoms with Gasteiger partial charge in [-0.1, -0.05) is 0 Å². The zero-order chi connectivity index (χ0) is 16.7. The van der Waals surface area contributed by atoms with Gasteiger partial charge in [0, 0.05) is 24.7 Å². The predicted octanol–water partition coefficient (Wildman–Crippen LogP) is 0.572. The quantitative estimate of drug-likeness (QED) is 0.801. The molecule has 3 aliphatic rings. The van der Waals surface area contributed by atoms with Gasteiger partial charge in [0.05, 0.1) is 6.54 Å². The minimum absolute atomic E-state index is 0.0647. The summed E-state index contributed by atoms with van der Waals surface area (Å²) in [5, 5.41) is 2.53. The maximum Gasteiger partial charge on any atom is 0.324 e. The van der Waals surface area contributed by atoms with Gasteiger partial charge in [-0.3, -0.25) is 14.5 Å². The lowest BCUT2D eigenvalue weighted by atomic mass is 10.0. The molecule has 0 atom stereocenters. The first kappa shape index (κ1) is 14.8. The second-order valence-electron chi connectivity index (χ2n) is 6.01. The normalized spacial score (nSPS) is 20.5. The van der Waals surface area contributed by atoms with Crippen molar-refractivity contribution in [3.63, 3.8) is 0 Å². The Hall–Kier alpha value is -2.77. The van der Waals surface area contributed by atoms with Gasteiger partial charge in [-0.15, -0.1) is 0 Å². The predicted molar refractivity (Wildman–Crippen MR) is 81.7 cm³/mol. The molecule has 2 saturated heterocycles. The zero-order valence-corrected chi connectivity index (χ0v) is 13.0.